The van der Waals surface area contributed by atoms with Gasteiger partial charge in [0.05, 0.1) is 5.01 Å². The lowest BCUT2D eigenvalue weighted by molar-refractivity contribution is 0.0136. The van der Waals surface area contributed by atoms with Gasteiger partial charge in [0.2, 0.25) is 0 Å². The number of aromatic nitrogens is 1. The minimum absolute atomic E-state index is 0. The molecule has 1 aromatic carbocycles. The SMILES string of the molecule is CC1(C)CN(C(=O)c2csc(CCN)n2)CCN1Cc1ccccc1.Cl.Cl. The first kappa shape index (κ1) is 23.9. The van der Waals surface area contributed by atoms with E-state index in [1.165, 1.54) is 16.9 Å². The van der Waals surface area contributed by atoms with Gasteiger partial charge in [0, 0.05) is 43.5 Å². The molecule has 2 heterocycles. The molecule has 8 heteroatoms. The summed E-state index contributed by atoms with van der Waals surface area (Å²) in [4.78, 5) is 21.6. The van der Waals surface area contributed by atoms with Crippen LogP contribution in [0.2, 0.25) is 0 Å². The third-order valence-electron chi connectivity index (χ3n) is 4.71. The molecule has 150 valence electrons. The molecule has 0 bridgehead atoms. The Bertz CT molecular complexity index is 724. The number of rotatable bonds is 5. The van der Waals surface area contributed by atoms with Crippen LogP contribution in [0.3, 0.4) is 0 Å². The van der Waals surface area contributed by atoms with Gasteiger partial charge in [-0.05, 0) is 26.0 Å². The number of hydrogen-bond donors (Lipinski definition) is 1. The van der Waals surface area contributed by atoms with Gasteiger partial charge in [-0.1, -0.05) is 30.3 Å². The summed E-state index contributed by atoms with van der Waals surface area (Å²) in [6.45, 7) is 8.20. The molecule has 27 heavy (non-hydrogen) atoms. The van der Waals surface area contributed by atoms with Gasteiger partial charge in [-0.2, -0.15) is 0 Å². The molecule has 5 nitrogen and oxygen atoms in total. The van der Waals surface area contributed by atoms with Gasteiger partial charge < -0.3 is 10.6 Å². The van der Waals surface area contributed by atoms with Crippen molar-refractivity contribution in [3.63, 3.8) is 0 Å². The van der Waals surface area contributed by atoms with Crippen LogP contribution in [-0.4, -0.2) is 52.4 Å². The second-order valence-electron chi connectivity index (χ2n) is 7.11. The molecule has 2 aromatic rings. The van der Waals surface area contributed by atoms with Crippen LogP contribution in [0.5, 0.6) is 0 Å². The number of piperazine rings is 1. The van der Waals surface area contributed by atoms with Gasteiger partial charge in [0.1, 0.15) is 5.69 Å². The van der Waals surface area contributed by atoms with Crippen molar-refractivity contribution in [2.45, 2.75) is 32.4 Å². The average Bonchev–Trinajstić information content (AvgIpc) is 3.06. The van der Waals surface area contributed by atoms with Crippen molar-refractivity contribution in [1.29, 1.82) is 0 Å². The van der Waals surface area contributed by atoms with Crippen molar-refractivity contribution in [3.05, 3.63) is 52.0 Å². The summed E-state index contributed by atoms with van der Waals surface area (Å²) in [5.74, 6) is 0.0342. The van der Waals surface area contributed by atoms with Crippen molar-refractivity contribution in [3.8, 4) is 0 Å². The van der Waals surface area contributed by atoms with Crippen molar-refractivity contribution in [2.24, 2.45) is 5.73 Å². The summed E-state index contributed by atoms with van der Waals surface area (Å²) in [5.41, 5.74) is 7.36. The summed E-state index contributed by atoms with van der Waals surface area (Å²) in [6.07, 6.45) is 0.730. The Kier molecular flexibility index (Phi) is 9.18. The Morgan fingerprint density at radius 1 is 1.22 bits per heavy atom. The number of nitrogens with two attached hydrogens (primary N) is 1. The number of carbonyl (C=O) groups excluding carboxylic acids is 1. The van der Waals surface area contributed by atoms with Crippen LogP contribution in [0.15, 0.2) is 35.7 Å². The molecule has 0 aliphatic carbocycles. The number of amides is 1. The normalized spacial score (nSPS) is 16.3. The molecular weight excluding hydrogens is 403 g/mol. The lowest BCUT2D eigenvalue weighted by Gasteiger charge is -2.47. The van der Waals surface area contributed by atoms with E-state index in [1.807, 2.05) is 16.3 Å². The van der Waals surface area contributed by atoms with Crippen molar-refractivity contribution < 1.29 is 4.79 Å². The van der Waals surface area contributed by atoms with E-state index < -0.39 is 0 Å². The first-order chi connectivity index (χ1) is 12.0. The fraction of sp³-hybridized carbons (Fsp3) is 0.474. The minimum Gasteiger partial charge on any atom is -0.334 e. The number of carbonyl (C=O) groups is 1. The van der Waals surface area contributed by atoms with Gasteiger partial charge in [0.15, 0.2) is 0 Å². The molecule has 0 atom stereocenters. The van der Waals surface area contributed by atoms with Crippen LogP contribution in [0, 0.1) is 0 Å². The van der Waals surface area contributed by atoms with Gasteiger partial charge in [-0.15, -0.1) is 36.2 Å². The van der Waals surface area contributed by atoms with Crippen LogP contribution in [0.1, 0.15) is 34.9 Å². The average molecular weight is 431 g/mol. The second kappa shape index (κ2) is 10.4. The molecule has 0 radical (unpaired) electrons. The molecule has 2 N–H and O–H groups in total. The molecule has 0 spiro atoms. The zero-order chi connectivity index (χ0) is 17.9. The van der Waals surface area contributed by atoms with Crippen LogP contribution < -0.4 is 5.73 Å². The third-order valence-corrected chi connectivity index (χ3v) is 5.61. The highest BCUT2D eigenvalue weighted by molar-refractivity contribution is 7.09. The molecule has 1 aromatic heterocycles. The van der Waals surface area contributed by atoms with Crippen LogP contribution >= 0.6 is 36.2 Å². The zero-order valence-electron chi connectivity index (χ0n) is 15.8. The second-order valence-corrected chi connectivity index (χ2v) is 8.05. The van der Waals surface area contributed by atoms with Crippen molar-refractivity contribution >= 4 is 42.1 Å². The highest BCUT2D eigenvalue weighted by Gasteiger charge is 2.36. The number of halogens is 2. The van der Waals surface area contributed by atoms with Crippen molar-refractivity contribution in [1.82, 2.24) is 14.8 Å². The van der Waals surface area contributed by atoms with Crippen LogP contribution in [0.25, 0.3) is 0 Å². The lowest BCUT2D eigenvalue weighted by atomic mass is 9.97. The fourth-order valence-corrected chi connectivity index (χ4v) is 4.06. The van der Waals surface area contributed by atoms with E-state index in [9.17, 15) is 4.79 Å². The predicted octanol–water partition coefficient (Wildman–Crippen LogP) is 3.22. The quantitative estimate of drug-likeness (QED) is 0.790. The first-order valence-corrected chi connectivity index (χ1v) is 9.60. The standard InChI is InChI=1S/C19H26N4OS.2ClH/c1-19(2)14-22(18(24)16-13-25-17(21-16)8-9-20)10-11-23(19)12-15-6-4-3-5-7-15;;/h3-7,13H,8-12,14,20H2,1-2H3;2*1H. The third kappa shape index (κ3) is 5.90. The minimum atomic E-state index is -0.0696. The molecule has 1 aliphatic rings. The van der Waals surface area contributed by atoms with E-state index in [1.54, 1.807) is 0 Å². The monoisotopic (exact) mass is 430 g/mol. The topological polar surface area (TPSA) is 62.5 Å². The predicted molar refractivity (Wildman–Crippen MR) is 116 cm³/mol. The Balaban J connectivity index is 0.00000182. The lowest BCUT2D eigenvalue weighted by Crippen LogP contribution is -2.60. The molecule has 0 unspecified atom stereocenters. The van der Waals surface area contributed by atoms with Gasteiger partial charge >= 0.3 is 0 Å². The summed E-state index contributed by atoms with van der Waals surface area (Å²) in [5, 5.41) is 2.80. The zero-order valence-corrected chi connectivity index (χ0v) is 18.2. The summed E-state index contributed by atoms with van der Waals surface area (Å²) < 4.78 is 0. The molecule has 1 aliphatic heterocycles. The summed E-state index contributed by atoms with van der Waals surface area (Å²) in [6, 6.07) is 10.5. The first-order valence-electron chi connectivity index (χ1n) is 8.72. The van der Waals surface area contributed by atoms with Crippen LogP contribution in [-0.2, 0) is 13.0 Å². The maximum Gasteiger partial charge on any atom is 0.273 e. The smallest absolute Gasteiger partial charge is 0.273 e. The summed E-state index contributed by atoms with van der Waals surface area (Å²) in [7, 11) is 0. The largest absolute Gasteiger partial charge is 0.334 e. The molecule has 0 saturated carbocycles. The number of nitrogens with zero attached hydrogens (tertiary/aromatic N) is 3. The molecule has 1 amide bonds. The maximum absolute atomic E-state index is 12.8. The maximum atomic E-state index is 12.8. The highest BCUT2D eigenvalue weighted by atomic mass is 35.5. The van der Waals surface area contributed by atoms with E-state index in [2.05, 4.69) is 48.0 Å². The van der Waals surface area contributed by atoms with Gasteiger partial charge in [-0.3, -0.25) is 9.69 Å². The Morgan fingerprint density at radius 3 is 2.56 bits per heavy atom. The number of benzene rings is 1. The Labute approximate surface area is 177 Å². The van der Waals surface area contributed by atoms with Gasteiger partial charge in [0.25, 0.3) is 5.91 Å². The van der Waals surface area contributed by atoms with E-state index in [4.69, 9.17) is 5.73 Å². The molecule has 3 rings (SSSR count). The molecular formula is C19H28Cl2N4OS. The Morgan fingerprint density at radius 2 is 1.93 bits per heavy atom. The van der Waals surface area contributed by atoms with E-state index in [-0.39, 0.29) is 36.3 Å². The van der Waals surface area contributed by atoms with Crippen molar-refractivity contribution in [2.75, 3.05) is 26.2 Å². The highest BCUT2D eigenvalue weighted by Crippen LogP contribution is 2.24. The van der Waals surface area contributed by atoms with Gasteiger partial charge in [-0.25, -0.2) is 4.98 Å². The van der Waals surface area contributed by atoms with Crippen LogP contribution in [0.4, 0.5) is 0 Å². The van der Waals surface area contributed by atoms with E-state index in [0.717, 1.165) is 31.1 Å². The number of hydrogen-bond acceptors (Lipinski definition) is 5. The number of thiazole rings is 1. The fourth-order valence-electron chi connectivity index (χ4n) is 3.27. The van der Waals surface area contributed by atoms with E-state index in [0.29, 0.717) is 18.8 Å². The Hall–Kier alpha value is -1.18. The molecule has 1 fully saturated rings. The van der Waals surface area contributed by atoms with E-state index >= 15 is 0 Å². The molecule has 1 saturated heterocycles. The summed E-state index contributed by atoms with van der Waals surface area (Å²) >= 11 is 1.52.